The van der Waals surface area contributed by atoms with E-state index in [9.17, 15) is 9.90 Å². The highest BCUT2D eigenvalue weighted by Gasteiger charge is 2.48. The second-order valence-electron chi connectivity index (χ2n) is 7.89. The Labute approximate surface area is 160 Å². The van der Waals surface area contributed by atoms with E-state index in [4.69, 9.17) is 4.74 Å². The van der Waals surface area contributed by atoms with Crippen LogP contribution in [0.2, 0.25) is 0 Å². The van der Waals surface area contributed by atoms with Gasteiger partial charge in [-0.1, -0.05) is 30.3 Å². The van der Waals surface area contributed by atoms with E-state index in [2.05, 4.69) is 12.1 Å². The number of amides is 1. The van der Waals surface area contributed by atoms with Crippen molar-refractivity contribution in [3.8, 4) is 5.75 Å². The van der Waals surface area contributed by atoms with Crippen molar-refractivity contribution in [1.29, 1.82) is 0 Å². The molecule has 3 unspecified atom stereocenters. The van der Waals surface area contributed by atoms with E-state index in [-0.39, 0.29) is 17.4 Å². The third-order valence-corrected chi connectivity index (χ3v) is 6.45. The van der Waals surface area contributed by atoms with Crippen LogP contribution in [-0.2, 0) is 5.41 Å². The molecule has 0 bridgehead atoms. The summed E-state index contributed by atoms with van der Waals surface area (Å²) < 4.78 is 5.44. The molecule has 4 heteroatoms. The summed E-state index contributed by atoms with van der Waals surface area (Å²) in [5.41, 5.74) is 1.90. The van der Waals surface area contributed by atoms with Crippen molar-refractivity contribution in [1.82, 2.24) is 4.90 Å². The second kappa shape index (κ2) is 7.35. The van der Waals surface area contributed by atoms with Crippen LogP contribution in [0.15, 0.2) is 54.6 Å². The molecular weight excluding hydrogens is 338 g/mol. The van der Waals surface area contributed by atoms with Gasteiger partial charge in [-0.05, 0) is 61.4 Å². The van der Waals surface area contributed by atoms with Crippen LogP contribution < -0.4 is 4.74 Å². The summed E-state index contributed by atoms with van der Waals surface area (Å²) in [6.45, 7) is 1.46. The molecule has 1 heterocycles. The van der Waals surface area contributed by atoms with Gasteiger partial charge in [-0.2, -0.15) is 0 Å². The number of aliphatic hydroxyl groups excluding tert-OH is 1. The van der Waals surface area contributed by atoms with Crippen LogP contribution >= 0.6 is 0 Å². The predicted molar refractivity (Wildman–Crippen MR) is 105 cm³/mol. The fraction of sp³-hybridized carbons (Fsp3) is 0.435. The largest absolute Gasteiger partial charge is 0.497 e. The molecule has 1 saturated heterocycles. The third kappa shape index (κ3) is 3.34. The van der Waals surface area contributed by atoms with Gasteiger partial charge < -0.3 is 14.7 Å². The minimum atomic E-state index is -0.274. The van der Waals surface area contributed by atoms with Crippen LogP contribution in [0.4, 0.5) is 0 Å². The highest BCUT2D eigenvalue weighted by Crippen LogP contribution is 2.49. The molecule has 3 atom stereocenters. The lowest BCUT2D eigenvalue weighted by molar-refractivity contribution is -0.000683. The van der Waals surface area contributed by atoms with Gasteiger partial charge in [0, 0.05) is 24.1 Å². The number of fused-ring (bicyclic) bond motifs is 1. The summed E-state index contributed by atoms with van der Waals surface area (Å²) in [6, 6.07) is 17.8. The fourth-order valence-corrected chi connectivity index (χ4v) is 5.00. The first-order valence-electron chi connectivity index (χ1n) is 9.79. The molecule has 27 heavy (non-hydrogen) atoms. The van der Waals surface area contributed by atoms with Gasteiger partial charge in [0.1, 0.15) is 5.75 Å². The van der Waals surface area contributed by atoms with Crippen molar-refractivity contribution in [3.63, 3.8) is 0 Å². The Morgan fingerprint density at radius 2 is 1.96 bits per heavy atom. The van der Waals surface area contributed by atoms with Gasteiger partial charge in [0.15, 0.2) is 0 Å². The number of rotatable bonds is 3. The highest BCUT2D eigenvalue weighted by molar-refractivity contribution is 5.94. The van der Waals surface area contributed by atoms with Crippen LogP contribution in [0.1, 0.15) is 41.6 Å². The first kappa shape index (κ1) is 18.1. The number of piperidine rings is 1. The number of likely N-dealkylation sites (tertiary alicyclic amines) is 1. The molecule has 1 aliphatic carbocycles. The number of hydrogen-bond donors (Lipinski definition) is 1. The average Bonchev–Trinajstić information content (AvgIpc) is 2.73. The first-order valence-corrected chi connectivity index (χ1v) is 9.79. The first-order chi connectivity index (χ1) is 13.1. The van der Waals surface area contributed by atoms with E-state index < -0.39 is 0 Å². The predicted octanol–water partition coefficient (Wildman–Crippen LogP) is 3.64. The van der Waals surface area contributed by atoms with Crippen LogP contribution in [0.3, 0.4) is 0 Å². The zero-order chi connectivity index (χ0) is 18.9. The maximum absolute atomic E-state index is 12.9. The van der Waals surface area contributed by atoms with E-state index in [0.717, 1.165) is 43.5 Å². The molecule has 2 aliphatic rings. The topological polar surface area (TPSA) is 49.8 Å². The minimum Gasteiger partial charge on any atom is -0.497 e. The lowest BCUT2D eigenvalue weighted by atomic mass is 9.58. The molecule has 1 amide bonds. The van der Waals surface area contributed by atoms with Crippen molar-refractivity contribution in [3.05, 3.63) is 65.7 Å². The fourth-order valence-electron chi connectivity index (χ4n) is 5.00. The normalized spacial score (nSPS) is 27.7. The Hall–Kier alpha value is -2.33. The summed E-state index contributed by atoms with van der Waals surface area (Å²) in [7, 11) is 1.69. The lowest BCUT2D eigenvalue weighted by Gasteiger charge is -2.52. The molecule has 0 spiro atoms. The number of benzene rings is 2. The van der Waals surface area contributed by atoms with E-state index in [0.29, 0.717) is 12.5 Å². The van der Waals surface area contributed by atoms with Gasteiger partial charge in [0.2, 0.25) is 0 Å². The molecule has 2 aromatic rings. The van der Waals surface area contributed by atoms with Gasteiger partial charge >= 0.3 is 0 Å². The molecule has 0 radical (unpaired) electrons. The number of hydrogen-bond acceptors (Lipinski definition) is 3. The number of carbonyl (C=O) groups excluding carboxylic acids is 1. The lowest BCUT2D eigenvalue weighted by Crippen LogP contribution is -2.55. The zero-order valence-corrected chi connectivity index (χ0v) is 15.8. The number of ether oxygens (including phenoxy) is 1. The molecular formula is C23H27NO3. The van der Waals surface area contributed by atoms with Crippen molar-refractivity contribution in [2.75, 3.05) is 20.2 Å². The van der Waals surface area contributed by atoms with Gasteiger partial charge in [-0.25, -0.2) is 0 Å². The van der Waals surface area contributed by atoms with Gasteiger partial charge in [-0.3, -0.25) is 4.79 Å². The monoisotopic (exact) mass is 365 g/mol. The Bertz CT molecular complexity index is 806. The maximum atomic E-state index is 12.9. The number of aliphatic hydroxyl groups is 1. The molecule has 142 valence electrons. The Kier molecular flexibility index (Phi) is 4.92. The Morgan fingerprint density at radius 3 is 2.74 bits per heavy atom. The average molecular weight is 365 g/mol. The van der Waals surface area contributed by atoms with E-state index in [1.165, 1.54) is 5.56 Å². The third-order valence-electron chi connectivity index (χ3n) is 6.45. The van der Waals surface area contributed by atoms with Gasteiger partial charge in [-0.15, -0.1) is 0 Å². The smallest absolute Gasteiger partial charge is 0.253 e. The molecule has 2 fully saturated rings. The van der Waals surface area contributed by atoms with E-state index in [1.54, 1.807) is 7.11 Å². The van der Waals surface area contributed by atoms with Crippen LogP contribution in [0.25, 0.3) is 0 Å². The molecule has 1 N–H and O–H groups in total. The number of carbonyl (C=O) groups is 1. The molecule has 0 aromatic heterocycles. The maximum Gasteiger partial charge on any atom is 0.253 e. The van der Waals surface area contributed by atoms with Crippen molar-refractivity contribution in [2.24, 2.45) is 5.92 Å². The number of nitrogens with zero attached hydrogens (tertiary/aromatic N) is 1. The van der Waals surface area contributed by atoms with E-state index >= 15 is 0 Å². The summed E-state index contributed by atoms with van der Waals surface area (Å²) in [6.07, 6.45) is 3.11. The zero-order valence-electron chi connectivity index (χ0n) is 15.8. The van der Waals surface area contributed by atoms with Crippen molar-refractivity contribution >= 4 is 5.91 Å². The van der Waals surface area contributed by atoms with Crippen LogP contribution in [0, 0.1) is 5.92 Å². The van der Waals surface area contributed by atoms with E-state index in [1.807, 2.05) is 47.4 Å². The Morgan fingerprint density at radius 1 is 1.15 bits per heavy atom. The van der Waals surface area contributed by atoms with Crippen molar-refractivity contribution < 1.29 is 14.6 Å². The number of methoxy groups -OCH3 is 1. The quantitative estimate of drug-likeness (QED) is 0.903. The summed E-state index contributed by atoms with van der Waals surface area (Å²) in [5, 5.41) is 10.4. The summed E-state index contributed by atoms with van der Waals surface area (Å²) >= 11 is 0. The van der Waals surface area contributed by atoms with Crippen molar-refractivity contribution in [2.45, 2.75) is 37.2 Å². The second-order valence-corrected chi connectivity index (χ2v) is 7.89. The van der Waals surface area contributed by atoms with Gasteiger partial charge in [0.25, 0.3) is 5.91 Å². The minimum absolute atomic E-state index is 0.0837. The molecule has 1 saturated carbocycles. The summed E-state index contributed by atoms with van der Waals surface area (Å²) in [4.78, 5) is 14.9. The highest BCUT2D eigenvalue weighted by atomic mass is 16.5. The Balaban J connectivity index is 1.62. The SMILES string of the molecule is COc1cccc(C23CCN(C(=O)c4ccccc4)CC2CCC(O)C3)c1. The molecule has 4 nitrogen and oxygen atoms in total. The van der Waals surface area contributed by atoms with Crippen LogP contribution in [-0.4, -0.2) is 42.2 Å². The molecule has 2 aromatic carbocycles. The summed E-state index contributed by atoms with van der Waals surface area (Å²) in [5.74, 6) is 1.32. The molecule has 1 aliphatic heterocycles. The molecule has 4 rings (SSSR count). The van der Waals surface area contributed by atoms with Gasteiger partial charge in [0.05, 0.1) is 13.2 Å². The standard InChI is InChI=1S/C23H27NO3/c1-27-21-9-5-8-18(14-21)23-12-13-24(16-19(23)10-11-20(25)15-23)22(26)17-6-3-2-4-7-17/h2-9,14,19-20,25H,10-13,15-16H2,1H3. The van der Waals surface area contributed by atoms with Crippen LogP contribution in [0.5, 0.6) is 5.75 Å².